The highest BCUT2D eigenvalue weighted by molar-refractivity contribution is 5.76. The van der Waals surface area contributed by atoms with Gasteiger partial charge < -0.3 is 0 Å². The summed E-state index contributed by atoms with van der Waals surface area (Å²) in [5, 5.41) is 4.33. The Morgan fingerprint density at radius 2 is 2.00 bits per heavy atom. The van der Waals surface area contributed by atoms with Crippen molar-refractivity contribution in [1.82, 2.24) is 9.78 Å². The molecule has 0 unspecified atom stereocenters. The van der Waals surface area contributed by atoms with E-state index in [-0.39, 0.29) is 11.1 Å². The van der Waals surface area contributed by atoms with Crippen LogP contribution in [-0.4, -0.2) is 16.1 Å². The number of nitrogens with zero attached hydrogens (tertiary/aromatic N) is 2. The molecule has 0 atom stereocenters. The molecule has 0 bridgehead atoms. The summed E-state index contributed by atoms with van der Waals surface area (Å²) in [6.45, 7) is 2.59. The molecule has 19 heavy (non-hydrogen) atoms. The van der Waals surface area contributed by atoms with Crippen molar-refractivity contribution in [2.45, 2.75) is 26.3 Å². The van der Waals surface area contributed by atoms with Crippen molar-refractivity contribution in [2.24, 2.45) is 0 Å². The third-order valence-electron chi connectivity index (χ3n) is 2.92. The van der Waals surface area contributed by atoms with Gasteiger partial charge in [-0.15, -0.1) is 0 Å². The molecule has 2 rings (SSSR count). The third kappa shape index (κ3) is 2.96. The zero-order valence-electron chi connectivity index (χ0n) is 10.9. The highest BCUT2D eigenvalue weighted by Gasteiger charge is 2.08. The van der Waals surface area contributed by atoms with Crippen molar-refractivity contribution in [3.8, 4) is 11.3 Å². The van der Waals surface area contributed by atoms with Crippen LogP contribution in [0.1, 0.15) is 30.1 Å². The van der Waals surface area contributed by atoms with Crippen molar-refractivity contribution >= 4 is 6.29 Å². The first-order chi connectivity index (χ1) is 9.26. The minimum absolute atomic E-state index is 0.157. The zero-order chi connectivity index (χ0) is 13.7. The molecule has 0 aliphatic carbocycles. The number of carbonyl (C=O) groups excluding carboxylic acids is 1. The lowest BCUT2D eigenvalue weighted by atomic mass is 10.1. The molecule has 0 saturated carbocycles. The number of hydrogen-bond donors (Lipinski definition) is 0. The van der Waals surface area contributed by atoms with Gasteiger partial charge in [-0.25, -0.2) is 4.68 Å². The standard InChI is InChI=1S/C15H16N2O2/c1-2-3-9-17-15(19)13(11-18)10-14(16-17)12-7-5-4-6-8-12/h4-8,10-11H,2-3,9H2,1H3. The minimum Gasteiger partial charge on any atom is -0.298 e. The van der Waals surface area contributed by atoms with Crippen LogP contribution in [0.4, 0.5) is 0 Å². The largest absolute Gasteiger partial charge is 0.298 e. The van der Waals surface area contributed by atoms with Gasteiger partial charge in [-0.1, -0.05) is 43.7 Å². The molecular formula is C15H16N2O2. The number of aldehydes is 1. The Balaban J connectivity index is 2.51. The number of hydrogen-bond acceptors (Lipinski definition) is 3. The van der Waals surface area contributed by atoms with E-state index in [1.165, 1.54) is 4.68 Å². The summed E-state index contributed by atoms with van der Waals surface area (Å²) in [6.07, 6.45) is 2.43. The van der Waals surface area contributed by atoms with Gasteiger partial charge in [-0.05, 0) is 12.5 Å². The molecule has 4 heteroatoms. The smallest absolute Gasteiger partial charge is 0.277 e. The van der Waals surface area contributed by atoms with E-state index in [0.717, 1.165) is 18.4 Å². The van der Waals surface area contributed by atoms with E-state index in [0.29, 0.717) is 18.5 Å². The first-order valence-corrected chi connectivity index (χ1v) is 6.39. The molecule has 1 aromatic heterocycles. The number of aromatic nitrogens is 2. The van der Waals surface area contributed by atoms with Crippen molar-refractivity contribution in [1.29, 1.82) is 0 Å². The second-order valence-corrected chi connectivity index (χ2v) is 4.35. The molecule has 0 N–H and O–H groups in total. The highest BCUT2D eigenvalue weighted by atomic mass is 16.1. The maximum Gasteiger partial charge on any atom is 0.277 e. The number of rotatable bonds is 5. The molecule has 0 fully saturated rings. The second kappa shape index (κ2) is 6.09. The molecular weight excluding hydrogens is 240 g/mol. The normalized spacial score (nSPS) is 10.4. The SMILES string of the molecule is CCCCn1nc(-c2ccccc2)cc(C=O)c1=O. The Morgan fingerprint density at radius 1 is 1.26 bits per heavy atom. The van der Waals surface area contributed by atoms with Crippen LogP contribution in [0, 0.1) is 0 Å². The van der Waals surface area contributed by atoms with E-state index in [9.17, 15) is 9.59 Å². The summed E-state index contributed by atoms with van der Waals surface area (Å²) >= 11 is 0. The van der Waals surface area contributed by atoms with Gasteiger partial charge in [0.25, 0.3) is 5.56 Å². The summed E-state index contributed by atoms with van der Waals surface area (Å²) in [7, 11) is 0. The maximum atomic E-state index is 12.0. The van der Waals surface area contributed by atoms with E-state index >= 15 is 0 Å². The first-order valence-electron chi connectivity index (χ1n) is 6.39. The van der Waals surface area contributed by atoms with Gasteiger partial charge in [0, 0.05) is 12.1 Å². The van der Waals surface area contributed by atoms with Gasteiger partial charge in [0.2, 0.25) is 0 Å². The molecule has 0 aliphatic heterocycles. The van der Waals surface area contributed by atoms with Crippen molar-refractivity contribution in [3.63, 3.8) is 0 Å². The Bertz CT molecular complexity index is 618. The van der Waals surface area contributed by atoms with Crippen LogP contribution in [0.5, 0.6) is 0 Å². The molecule has 98 valence electrons. The fraction of sp³-hybridized carbons (Fsp3) is 0.267. The van der Waals surface area contributed by atoms with Gasteiger partial charge in [-0.2, -0.15) is 5.10 Å². The van der Waals surface area contributed by atoms with E-state index in [1.54, 1.807) is 6.07 Å². The summed E-state index contributed by atoms with van der Waals surface area (Å²) in [6, 6.07) is 11.1. The van der Waals surface area contributed by atoms with Crippen molar-refractivity contribution < 1.29 is 4.79 Å². The maximum absolute atomic E-state index is 12.0. The number of aryl methyl sites for hydroxylation is 1. The van der Waals surface area contributed by atoms with Gasteiger partial charge in [-0.3, -0.25) is 9.59 Å². The van der Waals surface area contributed by atoms with Gasteiger partial charge in [0.15, 0.2) is 6.29 Å². The lowest BCUT2D eigenvalue weighted by molar-refractivity contribution is 0.112. The molecule has 0 aliphatic rings. The van der Waals surface area contributed by atoms with E-state index in [1.807, 2.05) is 37.3 Å². The Hall–Kier alpha value is -2.23. The fourth-order valence-electron chi connectivity index (χ4n) is 1.86. The van der Waals surface area contributed by atoms with Crippen LogP contribution in [0.25, 0.3) is 11.3 Å². The summed E-state index contributed by atoms with van der Waals surface area (Å²) in [5.74, 6) is 0. The molecule has 0 saturated heterocycles. The number of carbonyl (C=O) groups is 1. The third-order valence-corrected chi connectivity index (χ3v) is 2.92. The average molecular weight is 256 g/mol. The summed E-state index contributed by atoms with van der Waals surface area (Å²) in [5.41, 5.74) is 1.39. The molecule has 2 aromatic rings. The van der Waals surface area contributed by atoms with Crippen molar-refractivity contribution in [2.75, 3.05) is 0 Å². The van der Waals surface area contributed by atoms with E-state index < -0.39 is 0 Å². The van der Waals surface area contributed by atoms with Gasteiger partial charge in [0.05, 0.1) is 11.3 Å². The van der Waals surface area contributed by atoms with Crippen LogP contribution < -0.4 is 5.56 Å². The predicted molar refractivity (Wildman–Crippen MR) is 74.2 cm³/mol. The van der Waals surface area contributed by atoms with E-state index in [2.05, 4.69) is 5.10 Å². The highest BCUT2D eigenvalue weighted by Crippen LogP contribution is 2.15. The van der Waals surface area contributed by atoms with Gasteiger partial charge >= 0.3 is 0 Å². The van der Waals surface area contributed by atoms with Crippen LogP contribution in [-0.2, 0) is 6.54 Å². The average Bonchev–Trinajstić information content (AvgIpc) is 2.47. The lowest BCUT2D eigenvalue weighted by Crippen LogP contribution is -2.26. The fourth-order valence-corrected chi connectivity index (χ4v) is 1.86. The predicted octanol–water partition coefficient (Wildman–Crippen LogP) is 2.52. The lowest BCUT2D eigenvalue weighted by Gasteiger charge is -2.08. The first kappa shape index (κ1) is 13.2. The topological polar surface area (TPSA) is 52.0 Å². The quantitative estimate of drug-likeness (QED) is 0.772. The minimum atomic E-state index is -0.317. The molecule has 4 nitrogen and oxygen atoms in total. The van der Waals surface area contributed by atoms with Crippen LogP contribution in [0.2, 0.25) is 0 Å². The summed E-state index contributed by atoms with van der Waals surface area (Å²) in [4.78, 5) is 23.0. The van der Waals surface area contributed by atoms with Gasteiger partial charge in [0.1, 0.15) is 0 Å². The zero-order valence-corrected chi connectivity index (χ0v) is 10.9. The Labute approximate surface area is 111 Å². The molecule has 0 spiro atoms. The monoisotopic (exact) mass is 256 g/mol. The molecule has 1 aromatic carbocycles. The number of benzene rings is 1. The Kier molecular flexibility index (Phi) is 4.23. The van der Waals surface area contributed by atoms with Crippen LogP contribution >= 0.6 is 0 Å². The molecule has 1 heterocycles. The number of unbranched alkanes of at least 4 members (excludes halogenated alkanes) is 1. The summed E-state index contributed by atoms with van der Waals surface area (Å²) < 4.78 is 1.38. The second-order valence-electron chi connectivity index (χ2n) is 4.35. The molecule has 0 radical (unpaired) electrons. The molecule has 0 amide bonds. The Morgan fingerprint density at radius 3 is 2.63 bits per heavy atom. The van der Waals surface area contributed by atoms with Crippen molar-refractivity contribution in [3.05, 3.63) is 52.3 Å². The van der Waals surface area contributed by atoms with Crippen LogP contribution in [0.15, 0.2) is 41.2 Å². The van der Waals surface area contributed by atoms with E-state index in [4.69, 9.17) is 0 Å². The van der Waals surface area contributed by atoms with Crippen LogP contribution in [0.3, 0.4) is 0 Å².